The molecule has 3 aliphatic rings. The summed E-state index contributed by atoms with van der Waals surface area (Å²) in [6, 6.07) is 0.805. The molecule has 3 rings (SSSR count). The molecule has 4 atom stereocenters. The summed E-state index contributed by atoms with van der Waals surface area (Å²) in [6.45, 7) is 3.83. The molecule has 0 amide bonds. The molecule has 2 aliphatic carbocycles. The summed E-state index contributed by atoms with van der Waals surface area (Å²) in [5.74, 6) is 2.78. The number of allylic oxidation sites excluding steroid dienone is 1. The van der Waals surface area contributed by atoms with Crippen molar-refractivity contribution in [3.63, 3.8) is 0 Å². The van der Waals surface area contributed by atoms with Gasteiger partial charge in [0.25, 0.3) is 0 Å². The van der Waals surface area contributed by atoms with Gasteiger partial charge in [0.05, 0.1) is 0 Å². The number of hydrogen-bond acceptors (Lipinski definition) is 2. The molecule has 0 radical (unpaired) electrons. The van der Waals surface area contributed by atoms with E-state index in [0.29, 0.717) is 0 Å². The van der Waals surface area contributed by atoms with E-state index < -0.39 is 0 Å². The summed E-state index contributed by atoms with van der Waals surface area (Å²) >= 11 is 0. The Morgan fingerprint density at radius 1 is 1.47 bits per heavy atom. The Bertz CT molecular complexity index is 261. The van der Waals surface area contributed by atoms with Crippen molar-refractivity contribution >= 4 is 0 Å². The minimum atomic E-state index is 0.805. The number of fused-ring (bicyclic) bond motifs is 1. The van der Waals surface area contributed by atoms with E-state index in [1.54, 1.807) is 0 Å². The Hall–Kier alpha value is -0.340. The van der Waals surface area contributed by atoms with E-state index in [2.05, 4.69) is 29.4 Å². The van der Waals surface area contributed by atoms with E-state index in [1.165, 1.54) is 38.9 Å². The predicted molar refractivity (Wildman–Crippen MR) is 62.7 cm³/mol. The van der Waals surface area contributed by atoms with Crippen LogP contribution in [0.3, 0.4) is 0 Å². The first-order valence-electron chi connectivity index (χ1n) is 6.41. The average molecular weight is 206 g/mol. The molecule has 1 N–H and O–H groups in total. The van der Waals surface area contributed by atoms with Gasteiger partial charge in [0.2, 0.25) is 0 Å². The number of nitrogens with one attached hydrogen (secondary N) is 1. The average Bonchev–Trinajstić information content (AvgIpc) is 2.75. The third-order valence-corrected chi connectivity index (χ3v) is 4.52. The van der Waals surface area contributed by atoms with Crippen LogP contribution < -0.4 is 5.32 Å². The SMILES string of the molecule is CN1CCC(CNC2CC3CC=CC32)C1. The molecule has 4 unspecified atom stereocenters. The fourth-order valence-corrected chi connectivity index (χ4v) is 3.46. The van der Waals surface area contributed by atoms with Gasteiger partial charge in [-0.15, -0.1) is 0 Å². The topological polar surface area (TPSA) is 15.3 Å². The summed E-state index contributed by atoms with van der Waals surface area (Å²) in [6.07, 6.45) is 8.96. The molecule has 2 nitrogen and oxygen atoms in total. The number of rotatable bonds is 3. The third-order valence-electron chi connectivity index (χ3n) is 4.52. The second kappa shape index (κ2) is 3.91. The molecule has 15 heavy (non-hydrogen) atoms. The molecule has 0 aromatic rings. The molecule has 0 aromatic heterocycles. The second-order valence-corrected chi connectivity index (χ2v) is 5.67. The highest BCUT2D eigenvalue weighted by Gasteiger charge is 2.40. The van der Waals surface area contributed by atoms with Crippen LogP contribution in [-0.2, 0) is 0 Å². The van der Waals surface area contributed by atoms with Gasteiger partial charge in [-0.25, -0.2) is 0 Å². The smallest absolute Gasteiger partial charge is 0.0136 e. The van der Waals surface area contributed by atoms with Gasteiger partial charge >= 0.3 is 0 Å². The van der Waals surface area contributed by atoms with E-state index in [-0.39, 0.29) is 0 Å². The first-order valence-corrected chi connectivity index (χ1v) is 6.41. The van der Waals surface area contributed by atoms with Crippen LogP contribution in [0.2, 0.25) is 0 Å². The first-order chi connectivity index (χ1) is 7.33. The molecule has 1 aliphatic heterocycles. The molecule has 2 fully saturated rings. The van der Waals surface area contributed by atoms with Crippen LogP contribution in [0.5, 0.6) is 0 Å². The molecule has 1 saturated heterocycles. The van der Waals surface area contributed by atoms with E-state index in [4.69, 9.17) is 0 Å². The fourth-order valence-electron chi connectivity index (χ4n) is 3.46. The van der Waals surface area contributed by atoms with E-state index in [1.807, 2.05) is 0 Å². The highest BCUT2D eigenvalue weighted by Crippen LogP contribution is 2.42. The first kappa shape index (κ1) is 9.86. The predicted octanol–water partition coefficient (Wildman–Crippen LogP) is 1.49. The van der Waals surface area contributed by atoms with Crippen LogP contribution in [0, 0.1) is 17.8 Å². The van der Waals surface area contributed by atoms with Crippen molar-refractivity contribution in [2.24, 2.45) is 17.8 Å². The summed E-state index contributed by atoms with van der Waals surface area (Å²) < 4.78 is 0. The lowest BCUT2D eigenvalue weighted by atomic mass is 9.71. The largest absolute Gasteiger partial charge is 0.313 e. The van der Waals surface area contributed by atoms with E-state index in [0.717, 1.165) is 23.8 Å². The standard InChI is InChI=1S/C13H22N2/c1-15-6-5-10(9-15)8-14-13-7-11-3-2-4-12(11)13/h2,4,10-14H,3,5-9H2,1H3. The van der Waals surface area contributed by atoms with Gasteiger partial charge in [-0.3, -0.25) is 0 Å². The Balaban J connectivity index is 1.41. The molecule has 0 bridgehead atoms. The Kier molecular flexibility index (Phi) is 2.57. The van der Waals surface area contributed by atoms with Crippen LogP contribution in [0.25, 0.3) is 0 Å². The van der Waals surface area contributed by atoms with Crippen molar-refractivity contribution in [1.82, 2.24) is 10.2 Å². The summed E-state index contributed by atoms with van der Waals surface area (Å²) in [7, 11) is 2.24. The lowest BCUT2D eigenvalue weighted by Gasteiger charge is -2.41. The highest BCUT2D eigenvalue weighted by molar-refractivity contribution is 5.12. The minimum Gasteiger partial charge on any atom is -0.313 e. The normalized spacial score (nSPS) is 44.3. The maximum Gasteiger partial charge on any atom is 0.0136 e. The summed E-state index contributed by atoms with van der Waals surface area (Å²) in [5.41, 5.74) is 0. The van der Waals surface area contributed by atoms with Gasteiger partial charge in [-0.1, -0.05) is 12.2 Å². The second-order valence-electron chi connectivity index (χ2n) is 5.67. The van der Waals surface area contributed by atoms with Crippen molar-refractivity contribution in [3.8, 4) is 0 Å². The molecule has 1 heterocycles. The minimum absolute atomic E-state index is 0.805. The molecule has 0 spiro atoms. The van der Waals surface area contributed by atoms with Gasteiger partial charge in [0.15, 0.2) is 0 Å². The van der Waals surface area contributed by atoms with Gasteiger partial charge < -0.3 is 10.2 Å². The van der Waals surface area contributed by atoms with Crippen LogP contribution in [-0.4, -0.2) is 37.6 Å². The highest BCUT2D eigenvalue weighted by atomic mass is 15.1. The third kappa shape index (κ3) is 1.85. The van der Waals surface area contributed by atoms with Crippen molar-refractivity contribution in [2.45, 2.75) is 25.3 Å². The Morgan fingerprint density at radius 3 is 3.13 bits per heavy atom. The van der Waals surface area contributed by atoms with Crippen molar-refractivity contribution < 1.29 is 0 Å². The number of nitrogens with zero attached hydrogens (tertiary/aromatic N) is 1. The van der Waals surface area contributed by atoms with Crippen molar-refractivity contribution in [3.05, 3.63) is 12.2 Å². The summed E-state index contributed by atoms with van der Waals surface area (Å²) in [5, 5.41) is 3.78. The zero-order valence-corrected chi connectivity index (χ0v) is 9.65. The van der Waals surface area contributed by atoms with Gasteiger partial charge in [0.1, 0.15) is 0 Å². The fraction of sp³-hybridized carbons (Fsp3) is 0.846. The maximum atomic E-state index is 3.78. The van der Waals surface area contributed by atoms with E-state index >= 15 is 0 Å². The molecular formula is C13H22N2. The Morgan fingerprint density at radius 2 is 2.40 bits per heavy atom. The van der Waals surface area contributed by atoms with E-state index in [9.17, 15) is 0 Å². The molecule has 1 saturated carbocycles. The maximum absolute atomic E-state index is 3.78. The molecule has 0 aromatic carbocycles. The van der Waals surface area contributed by atoms with Gasteiger partial charge in [-0.2, -0.15) is 0 Å². The molecule has 84 valence electrons. The summed E-state index contributed by atoms with van der Waals surface area (Å²) in [4.78, 5) is 2.45. The Labute approximate surface area is 92.7 Å². The molecule has 2 heteroatoms. The molecular weight excluding hydrogens is 184 g/mol. The lowest BCUT2D eigenvalue weighted by molar-refractivity contribution is 0.158. The van der Waals surface area contributed by atoms with Crippen LogP contribution >= 0.6 is 0 Å². The monoisotopic (exact) mass is 206 g/mol. The zero-order valence-electron chi connectivity index (χ0n) is 9.65. The van der Waals surface area contributed by atoms with Crippen LogP contribution in [0.1, 0.15) is 19.3 Å². The zero-order chi connectivity index (χ0) is 10.3. The number of likely N-dealkylation sites (tertiary alicyclic amines) is 1. The quantitative estimate of drug-likeness (QED) is 0.704. The van der Waals surface area contributed by atoms with Crippen molar-refractivity contribution in [1.29, 1.82) is 0 Å². The van der Waals surface area contributed by atoms with Crippen molar-refractivity contribution in [2.75, 3.05) is 26.7 Å². The lowest BCUT2D eigenvalue weighted by Crippen LogP contribution is -2.49. The number of hydrogen-bond donors (Lipinski definition) is 1. The van der Waals surface area contributed by atoms with Gasteiger partial charge in [0, 0.05) is 12.6 Å². The van der Waals surface area contributed by atoms with Gasteiger partial charge in [-0.05, 0) is 57.2 Å². The van der Waals surface area contributed by atoms with Crippen LogP contribution in [0.4, 0.5) is 0 Å². The van der Waals surface area contributed by atoms with Crippen LogP contribution in [0.15, 0.2) is 12.2 Å².